The average molecular weight is 475 g/mol. The summed E-state index contributed by atoms with van der Waals surface area (Å²) in [4.78, 5) is 27.8. The molecular weight excluding hydrogens is 444 g/mol. The molecule has 0 radical (unpaired) electrons. The number of ether oxygens (including phenoxy) is 1. The summed E-state index contributed by atoms with van der Waals surface area (Å²) < 4.78 is 32.1. The van der Waals surface area contributed by atoms with E-state index in [1.165, 1.54) is 12.0 Å². The minimum Gasteiger partial charge on any atom is -0.497 e. The highest BCUT2D eigenvalue weighted by Gasteiger charge is 2.45. The molecule has 3 N–H and O–H groups in total. The maximum Gasteiger partial charge on any atom is 0.259 e. The Kier molecular flexibility index (Phi) is 8.06. The molecule has 2 amide bonds. The van der Waals surface area contributed by atoms with Crippen molar-refractivity contribution >= 4 is 21.8 Å². The van der Waals surface area contributed by atoms with Gasteiger partial charge in [-0.05, 0) is 35.7 Å². The van der Waals surface area contributed by atoms with Crippen LogP contribution in [0.1, 0.15) is 34.8 Å². The quantitative estimate of drug-likeness (QED) is 0.565. The highest BCUT2D eigenvalue weighted by molar-refractivity contribution is 7.89. The molecule has 9 nitrogen and oxygen atoms in total. The van der Waals surface area contributed by atoms with Gasteiger partial charge in [0, 0.05) is 31.7 Å². The minimum atomic E-state index is -3.72. The van der Waals surface area contributed by atoms with Crippen LogP contribution in [0.15, 0.2) is 48.5 Å². The first kappa shape index (κ1) is 24.7. The second kappa shape index (κ2) is 10.8. The second-order valence-corrected chi connectivity index (χ2v) is 9.81. The third kappa shape index (κ3) is 5.70. The van der Waals surface area contributed by atoms with Crippen LogP contribution in [0.25, 0.3) is 0 Å². The smallest absolute Gasteiger partial charge is 0.259 e. The Morgan fingerprint density at radius 1 is 1.12 bits per heavy atom. The van der Waals surface area contributed by atoms with Crippen molar-refractivity contribution in [2.75, 3.05) is 26.0 Å². The molecular formula is C23H30N4O5S. The summed E-state index contributed by atoms with van der Waals surface area (Å²) in [5.41, 5.74) is 7.75. The van der Waals surface area contributed by atoms with Gasteiger partial charge in [0.2, 0.25) is 10.0 Å². The van der Waals surface area contributed by atoms with Gasteiger partial charge in [0.05, 0.1) is 12.9 Å². The summed E-state index contributed by atoms with van der Waals surface area (Å²) in [5.74, 6) is -0.595. The van der Waals surface area contributed by atoms with E-state index in [1.807, 2.05) is 24.3 Å². The molecule has 0 aromatic heterocycles. The number of rotatable bonds is 9. The normalized spacial score (nSPS) is 16.6. The Labute approximate surface area is 194 Å². The van der Waals surface area contributed by atoms with Crippen LogP contribution in [0.4, 0.5) is 0 Å². The number of nitrogens with one attached hydrogen (secondary N) is 1. The van der Waals surface area contributed by atoms with Crippen LogP contribution < -0.4 is 15.8 Å². The first-order valence-corrected chi connectivity index (χ1v) is 12.4. The van der Waals surface area contributed by atoms with Gasteiger partial charge in [-0.1, -0.05) is 37.3 Å². The molecule has 1 aliphatic heterocycles. The Hall–Kier alpha value is -2.95. The molecule has 1 fully saturated rings. The number of benzene rings is 2. The zero-order valence-electron chi connectivity index (χ0n) is 18.9. The van der Waals surface area contributed by atoms with E-state index in [0.29, 0.717) is 24.3 Å². The molecule has 1 heterocycles. The first-order chi connectivity index (χ1) is 15.8. The Balaban J connectivity index is 1.87. The van der Waals surface area contributed by atoms with Gasteiger partial charge < -0.3 is 20.7 Å². The Bertz CT molecular complexity index is 1110. The van der Waals surface area contributed by atoms with E-state index < -0.39 is 28.0 Å². The standard InChI is InChI=1S/C23H30N4O5S/c1-3-12-33(30,31)27-11-10-26(23(29)19-8-5-9-20(14-19)32-2)22(27)21(28)25-16-18-7-4-6-17(13-18)15-24/h4-9,13-14,22H,3,10-12,15-16,24H2,1-2H3,(H,25,28). The minimum absolute atomic E-state index is 0.0544. The highest BCUT2D eigenvalue weighted by atomic mass is 32.2. The summed E-state index contributed by atoms with van der Waals surface area (Å²) in [6.07, 6.45) is -0.860. The van der Waals surface area contributed by atoms with E-state index in [2.05, 4.69) is 5.32 Å². The van der Waals surface area contributed by atoms with Crippen LogP contribution >= 0.6 is 0 Å². The predicted molar refractivity (Wildman–Crippen MR) is 125 cm³/mol. The van der Waals surface area contributed by atoms with Gasteiger partial charge in [-0.3, -0.25) is 9.59 Å². The fraction of sp³-hybridized carbons (Fsp3) is 0.391. The number of nitrogens with zero attached hydrogens (tertiary/aromatic N) is 2. The fourth-order valence-corrected chi connectivity index (χ4v) is 5.45. The van der Waals surface area contributed by atoms with E-state index in [-0.39, 0.29) is 25.4 Å². The number of methoxy groups -OCH3 is 1. The molecule has 0 spiro atoms. The summed E-state index contributed by atoms with van der Waals surface area (Å²) >= 11 is 0. The average Bonchev–Trinajstić information content (AvgIpc) is 3.28. The van der Waals surface area contributed by atoms with E-state index in [4.69, 9.17) is 10.5 Å². The first-order valence-electron chi connectivity index (χ1n) is 10.8. The van der Waals surface area contributed by atoms with Crippen molar-refractivity contribution in [1.82, 2.24) is 14.5 Å². The van der Waals surface area contributed by atoms with Gasteiger partial charge in [0.25, 0.3) is 11.8 Å². The molecule has 2 aromatic carbocycles. The molecule has 1 aliphatic rings. The van der Waals surface area contributed by atoms with Crippen LogP contribution in [0, 0.1) is 0 Å². The third-order valence-electron chi connectivity index (χ3n) is 5.45. The Morgan fingerprint density at radius 3 is 2.55 bits per heavy atom. The van der Waals surface area contributed by atoms with Gasteiger partial charge >= 0.3 is 0 Å². The van der Waals surface area contributed by atoms with Crippen molar-refractivity contribution in [2.24, 2.45) is 5.73 Å². The summed E-state index contributed by atoms with van der Waals surface area (Å²) in [6, 6.07) is 14.0. The number of amides is 2. The molecule has 1 atom stereocenters. The molecule has 0 aliphatic carbocycles. The van der Waals surface area contributed by atoms with Crippen molar-refractivity contribution < 1.29 is 22.7 Å². The molecule has 0 bridgehead atoms. The van der Waals surface area contributed by atoms with Gasteiger partial charge in [-0.15, -0.1) is 0 Å². The van der Waals surface area contributed by atoms with Crippen molar-refractivity contribution in [3.8, 4) is 5.75 Å². The zero-order chi connectivity index (χ0) is 24.0. The summed E-state index contributed by atoms with van der Waals surface area (Å²) in [7, 11) is -2.23. The lowest BCUT2D eigenvalue weighted by Gasteiger charge is -2.29. The largest absolute Gasteiger partial charge is 0.497 e. The van der Waals surface area contributed by atoms with Crippen LogP contribution in [0.5, 0.6) is 5.75 Å². The molecule has 2 aromatic rings. The fourth-order valence-electron chi connectivity index (χ4n) is 3.83. The van der Waals surface area contributed by atoms with E-state index in [0.717, 1.165) is 15.4 Å². The molecule has 33 heavy (non-hydrogen) atoms. The molecule has 10 heteroatoms. The van der Waals surface area contributed by atoms with Crippen molar-refractivity contribution in [3.05, 3.63) is 65.2 Å². The maximum atomic E-state index is 13.3. The van der Waals surface area contributed by atoms with Crippen LogP contribution in [0.3, 0.4) is 0 Å². The second-order valence-electron chi connectivity index (χ2n) is 7.77. The van der Waals surface area contributed by atoms with Crippen LogP contribution in [0.2, 0.25) is 0 Å². The molecule has 178 valence electrons. The summed E-state index contributed by atoms with van der Waals surface area (Å²) in [5, 5.41) is 2.79. The molecule has 0 saturated carbocycles. The number of carbonyl (C=O) groups excluding carboxylic acids is 2. The molecule has 1 unspecified atom stereocenters. The summed E-state index contributed by atoms with van der Waals surface area (Å²) in [6.45, 7) is 2.48. The maximum absolute atomic E-state index is 13.3. The lowest BCUT2D eigenvalue weighted by molar-refractivity contribution is -0.127. The third-order valence-corrected chi connectivity index (χ3v) is 7.48. The van der Waals surface area contributed by atoms with E-state index in [9.17, 15) is 18.0 Å². The van der Waals surface area contributed by atoms with Gasteiger partial charge in [-0.25, -0.2) is 8.42 Å². The van der Waals surface area contributed by atoms with E-state index >= 15 is 0 Å². The van der Waals surface area contributed by atoms with E-state index in [1.54, 1.807) is 31.2 Å². The van der Waals surface area contributed by atoms with Gasteiger partial charge in [0.1, 0.15) is 5.75 Å². The SMILES string of the molecule is CCCS(=O)(=O)N1CCN(C(=O)c2cccc(OC)c2)C1C(=O)NCc1cccc(CN)c1. The monoisotopic (exact) mass is 474 g/mol. The van der Waals surface area contributed by atoms with Gasteiger partial charge in [-0.2, -0.15) is 4.31 Å². The predicted octanol–water partition coefficient (Wildman–Crippen LogP) is 1.29. The lowest BCUT2D eigenvalue weighted by atomic mass is 10.1. The highest BCUT2D eigenvalue weighted by Crippen LogP contribution is 2.24. The molecule has 1 saturated heterocycles. The van der Waals surface area contributed by atoms with Gasteiger partial charge in [0.15, 0.2) is 6.17 Å². The topological polar surface area (TPSA) is 122 Å². The van der Waals surface area contributed by atoms with Crippen molar-refractivity contribution in [3.63, 3.8) is 0 Å². The Morgan fingerprint density at radius 2 is 1.85 bits per heavy atom. The number of hydrogen-bond acceptors (Lipinski definition) is 6. The number of sulfonamides is 1. The molecule has 3 rings (SSSR count). The van der Waals surface area contributed by atoms with Crippen molar-refractivity contribution in [2.45, 2.75) is 32.6 Å². The van der Waals surface area contributed by atoms with Crippen molar-refractivity contribution in [1.29, 1.82) is 0 Å². The lowest BCUT2D eigenvalue weighted by Crippen LogP contribution is -2.54. The number of nitrogens with two attached hydrogens (primary N) is 1. The van der Waals surface area contributed by atoms with Crippen LogP contribution in [-0.2, 0) is 27.9 Å². The van der Waals surface area contributed by atoms with Crippen LogP contribution in [-0.4, -0.2) is 61.6 Å². The number of carbonyl (C=O) groups is 2. The number of hydrogen-bond donors (Lipinski definition) is 2. The zero-order valence-corrected chi connectivity index (χ0v) is 19.7.